The first-order valence-corrected chi connectivity index (χ1v) is 4.81. The highest BCUT2D eigenvalue weighted by Crippen LogP contribution is 2.36. The molecule has 0 radical (unpaired) electrons. The number of amides is 1. The third kappa shape index (κ3) is 1.54. The number of hydrogen-bond acceptors (Lipinski definition) is 3. The van der Waals surface area contributed by atoms with Crippen molar-refractivity contribution in [2.45, 2.75) is 31.3 Å². The summed E-state index contributed by atoms with van der Waals surface area (Å²) >= 11 is 0. The zero-order valence-electron chi connectivity index (χ0n) is 7.78. The number of nitrogens with one attached hydrogen (secondary N) is 1. The van der Waals surface area contributed by atoms with E-state index in [-0.39, 0.29) is 12.0 Å². The van der Waals surface area contributed by atoms with Gasteiger partial charge in [0.2, 0.25) is 0 Å². The summed E-state index contributed by atoms with van der Waals surface area (Å²) in [5.74, 6) is -1.00. The molecule has 5 heteroatoms. The molecule has 1 heterocycles. The van der Waals surface area contributed by atoms with Crippen LogP contribution >= 0.6 is 0 Å². The first-order valence-electron chi connectivity index (χ1n) is 4.81. The van der Waals surface area contributed by atoms with Gasteiger partial charge in [-0.25, -0.2) is 4.79 Å². The van der Waals surface area contributed by atoms with Gasteiger partial charge >= 0.3 is 12.1 Å². The van der Waals surface area contributed by atoms with Gasteiger partial charge in [0.15, 0.2) is 0 Å². The average Bonchev–Trinajstić information content (AvgIpc) is 2.48. The fraction of sp³-hybridized carbons (Fsp3) is 0.778. The highest BCUT2D eigenvalue weighted by atomic mass is 16.6. The van der Waals surface area contributed by atoms with Crippen LogP contribution in [-0.2, 0) is 9.53 Å². The highest BCUT2D eigenvalue weighted by molar-refractivity contribution is 5.71. The second kappa shape index (κ2) is 3.15. The normalized spacial score (nSPS) is 36.6. The van der Waals surface area contributed by atoms with Gasteiger partial charge in [-0.3, -0.25) is 4.79 Å². The number of carbonyl (C=O) groups excluding carboxylic acids is 1. The number of carbonyl (C=O) groups is 2. The minimum Gasteiger partial charge on any atom is -0.481 e. The molecule has 2 rings (SSSR count). The van der Waals surface area contributed by atoms with Crippen molar-refractivity contribution < 1.29 is 19.4 Å². The van der Waals surface area contributed by atoms with Gasteiger partial charge in [0, 0.05) is 0 Å². The number of carboxylic acids is 1. The summed E-state index contributed by atoms with van der Waals surface area (Å²) in [6.07, 6.45) is 2.14. The number of rotatable bonds is 1. The fourth-order valence-electron chi connectivity index (χ4n) is 2.17. The molecular formula is C9H13NO4. The van der Waals surface area contributed by atoms with Crippen LogP contribution in [0.5, 0.6) is 0 Å². The van der Waals surface area contributed by atoms with E-state index < -0.39 is 11.6 Å². The zero-order valence-corrected chi connectivity index (χ0v) is 7.78. The van der Waals surface area contributed by atoms with Crippen LogP contribution in [0.1, 0.15) is 25.7 Å². The Bertz CT molecular complexity index is 268. The van der Waals surface area contributed by atoms with Crippen LogP contribution in [0.15, 0.2) is 0 Å². The molecule has 0 bridgehead atoms. The summed E-state index contributed by atoms with van der Waals surface area (Å²) < 4.78 is 5.17. The molecule has 78 valence electrons. The van der Waals surface area contributed by atoms with E-state index in [1.807, 2.05) is 0 Å². The van der Waals surface area contributed by atoms with Gasteiger partial charge < -0.3 is 15.2 Å². The first kappa shape index (κ1) is 9.30. The van der Waals surface area contributed by atoms with E-state index in [1.54, 1.807) is 0 Å². The Morgan fingerprint density at radius 1 is 1.50 bits per heavy atom. The lowest BCUT2D eigenvalue weighted by molar-refractivity contribution is -0.144. The summed E-state index contributed by atoms with van der Waals surface area (Å²) in [6, 6.07) is 0. The fourth-order valence-corrected chi connectivity index (χ4v) is 2.17. The highest BCUT2D eigenvalue weighted by Gasteiger charge is 2.44. The molecule has 0 aromatic heterocycles. The van der Waals surface area contributed by atoms with Gasteiger partial charge in [-0.05, 0) is 25.7 Å². The molecule has 1 saturated carbocycles. The van der Waals surface area contributed by atoms with Gasteiger partial charge in [-0.2, -0.15) is 0 Å². The Hall–Kier alpha value is -1.26. The molecule has 1 amide bonds. The van der Waals surface area contributed by atoms with Crippen molar-refractivity contribution in [1.29, 1.82) is 0 Å². The maximum absolute atomic E-state index is 10.9. The van der Waals surface area contributed by atoms with Gasteiger partial charge in [0.1, 0.15) is 5.60 Å². The van der Waals surface area contributed by atoms with Crippen molar-refractivity contribution in [3.8, 4) is 0 Å². The number of alkyl carbamates (subject to hydrolysis) is 1. The summed E-state index contributed by atoms with van der Waals surface area (Å²) in [6.45, 7) is 0.526. The Morgan fingerprint density at radius 2 is 2.14 bits per heavy atom. The Labute approximate surface area is 81.4 Å². The van der Waals surface area contributed by atoms with E-state index in [0.717, 1.165) is 0 Å². The van der Waals surface area contributed by atoms with Crippen LogP contribution in [0.4, 0.5) is 4.79 Å². The maximum Gasteiger partial charge on any atom is 0.407 e. The standard InChI is InChI=1S/C9H13NO4/c11-7(12)6-1-3-9(4-2-6)5-10-8(13)14-9/h6H,1-5H2,(H,10,13)(H,11,12). The molecule has 0 aromatic carbocycles. The van der Waals surface area contributed by atoms with Crippen LogP contribution in [0.3, 0.4) is 0 Å². The van der Waals surface area contributed by atoms with E-state index in [2.05, 4.69) is 5.32 Å². The lowest BCUT2D eigenvalue weighted by atomic mass is 9.79. The van der Waals surface area contributed by atoms with Crippen LogP contribution in [0, 0.1) is 5.92 Å². The molecule has 0 atom stereocenters. The second-order valence-corrected chi connectivity index (χ2v) is 4.04. The zero-order chi connectivity index (χ0) is 10.2. The third-order valence-corrected chi connectivity index (χ3v) is 3.11. The number of carboxylic acid groups (broad SMARTS) is 1. The average molecular weight is 199 g/mol. The van der Waals surface area contributed by atoms with Gasteiger partial charge in [0.25, 0.3) is 0 Å². The third-order valence-electron chi connectivity index (χ3n) is 3.11. The van der Waals surface area contributed by atoms with Crippen molar-refractivity contribution in [2.24, 2.45) is 5.92 Å². The van der Waals surface area contributed by atoms with Crippen LogP contribution in [0.25, 0.3) is 0 Å². The van der Waals surface area contributed by atoms with Crippen molar-refractivity contribution in [1.82, 2.24) is 5.32 Å². The van der Waals surface area contributed by atoms with E-state index in [4.69, 9.17) is 9.84 Å². The molecular weight excluding hydrogens is 186 g/mol. The van der Waals surface area contributed by atoms with Gasteiger partial charge in [-0.1, -0.05) is 0 Å². The molecule has 2 fully saturated rings. The first-order chi connectivity index (χ1) is 6.61. The largest absolute Gasteiger partial charge is 0.481 e. The molecule has 14 heavy (non-hydrogen) atoms. The quantitative estimate of drug-likeness (QED) is 0.653. The van der Waals surface area contributed by atoms with Crippen molar-refractivity contribution in [3.63, 3.8) is 0 Å². The molecule has 5 nitrogen and oxygen atoms in total. The maximum atomic E-state index is 10.9. The van der Waals surface area contributed by atoms with E-state index >= 15 is 0 Å². The SMILES string of the molecule is O=C1NCC2(CCC(C(=O)O)CC2)O1. The molecule has 0 aromatic rings. The lowest BCUT2D eigenvalue weighted by Crippen LogP contribution is -2.39. The minimum absolute atomic E-state index is 0.264. The summed E-state index contributed by atoms with van der Waals surface area (Å²) in [5.41, 5.74) is -0.414. The Kier molecular flexibility index (Phi) is 2.09. The predicted octanol–water partition coefficient (Wildman–Crippen LogP) is 0.740. The second-order valence-electron chi connectivity index (χ2n) is 4.04. The van der Waals surface area contributed by atoms with E-state index in [9.17, 15) is 9.59 Å². The van der Waals surface area contributed by atoms with Crippen molar-refractivity contribution in [3.05, 3.63) is 0 Å². The van der Waals surface area contributed by atoms with Crippen LogP contribution < -0.4 is 5.32 Å². The Balaban J connectivity index is 1.95. The lowest BCUT2D eigenvalue weighted by Gasteiger charge is -2.33. The summed E-state index contributed by atoms with van der Waals surface area (Å²) in [7, 11) is 0. The molecule has 1 spiro atoms. The predicted molar refractivity (Wildman–Crippen MR) is 46.8 cm³/mol. The molecule has 0 unspecified atom stereocenters. The number of ether oxygens (including phenoxy) is 1. The molecule has 1 saturated heterocycles. The van der Waals surface area contributed by atoms with E-state index in [1.165, 1.54) is 0 Å². The summed E-state index contributed by atoms with van der Waals surface area (Å²) in [4.78, 5) is 21.6. The molecule has 1 aliphatic heterocycles. The molecule has 1 aliphatic carbocycles. The van der Waals surface area contributed by atoms with E-state index in [0.29, 0.717) is 32.2 Å². The Morgan fingerprint density at radius 3 is 2.57 bits per heavy atom. The number of hydrogen-bond donors (Lipinski definition) is 2. The number of aliphatic carboxylic acids is 1. The smallest absolute Gasteiger partial charge is 0.407 e. The monoisotopic (exact) mass is 199 g/mol. The van der Waals surface area contributed by atoms with Crippen LogP contribution in [0.2, 0.25) is 0 Å². The van der Waals surface area contributed by atoms with Crippen molar-refractivity contribution in [2.75, 3.05) is 6.54 Å². The summed E-state index contributed by atoms with van der Waals surface area (Å²) in [5, 5.41) is 11.4. The molecule has 2 N–H and O–H groups in total. The van der Waals surface area contributed by atoms with Gasteiger partial charge in [-0.15, -0.1) is 0 Å². The minimum atomic E-state index is -0.739. The molecule has 2 aliphatic rings. The van der Waals surface area contributed by atoms with Crippen molar-refractivity contribution >= 4 is 12.1 Å². The topological polar surface area (TPSA) is 75.6 Å². The van der Waals surface area contributed by atoms with Gasteiger partial charge in [0.05, 0.1) is 12.5 Å². The van der Waals surface area contributed by atoms with Crippen LogP contribution in [-0.4, -0.2) is 29.3 Å².